The van der Waals surface area contributed by atoms with E-state index in [1.807, 2.05) is 71.1 Å². The lowest BCUT2D eigenvalue weighted by molar-refractivity contribution is -0.133. The molecule has 1 N–H and O–H groups in total. The third kappa shape index (κ3) is 7.62. The van der Waals surface area contributed by atoms with Gasteiger partial charge < -0.3 is 19.9 Å². The number of carbonyl (C=O) groups excluding carboxylic acids is 2. The van der Waals surface area contributed by atoms with Crippen molar-refractivity contribution in [2.24, 2.45) is 0 Å². The highest BCUT2D eigenvalue weighted by Crippen LogP contribution is 2.20. The number of hydrogen-bond donors (Lipinski definition) is 1. The number of hydrogen-bond acceptors (Lipinski definition) is 5. The first kappa shape index (κ1) is 25.8. The van der Waals surface area contributed by atoms with E-state index >= 15 is 0 Å². The highest BCUT2D eigenvalue weighted by molar-refractivity contribution is 7.98. The molecule has 1 heterocycles. The molecule has 6 nitrogen and oxygen atoms in total. The molecule has 8 heteroatoms. The van der Waals surface area contributed by atoms with Gasteiger partial charge in [-0.1, -0.05) is 30.3 Å². The van der Waals surface area contributed by atoms with Gasteiger partial charge >= 0.3 is 6.03 Å². The minimum Gasteiger partial charge on any atom is -0.383 e. The van der Waals surface area contributed by atoms with Crippen molar-refractivity contribution < 1.29 is 14.3 Å². The number of thiophene rings is 1. The molecule has 3 amide bonds. The molecule has 0 atom stereocenters. The first-order chi connectivity index (χ1) is 16.5. The second kappa shape index (κ2) is 13.2. The normalized spacial score (nSPS) is 10.7. The van der Waals surface area contributed by atoms with E-state index < -0.39 is 0 Å². The quantitative estimate of drug-likeness (QED) is 0.356. The van der Waals surface area contributed by atoms with Crippen LogP contribution in [0.3, 0.4) is 0 Å². The van der Waals surface area contributed by atoms with Crippen molar-refractivity contribution in [1.82, 2.24) is 9.80 Å². The maximum Gasteiger partial charge on any atom is 0.322 e. The van der Waals surface area contributed by atoms with Crippen molar-refractivity contribution in [3.05, 3.63) is 82.0 Å². The van der Waals surface area contributed by atoms with E-state index in [2.05, 4.69) is 18.3 Å². The molecule has 3 aromatic rings. The number of urea groups is 1. The molecule has 0 saturated heterocycles. The summed E-state index contributed by atoms with van der Waals surface area (Å²) < 4.78 is 5.19. The summed E-state index contributed by atoms with van der Waals surface area (Å²) in [6.45, 7) is 3.66. The van der Waals surface area contributed by atoms with Crippen LogP contribution >= 0.6 is 23.1 Å². The van der Waals surface area contributed by atoms with Crippen LogP contribution in [-0.2, 0) is 22.6 Å². The monoisotopic (exact) mass is 497 g/mol. The number of amides is 3. The van der Waals surface area contributed by atoms with E-state index in [9.17, 15) is 9.59 Å². The van der Waals surface area contributed by atoms with Gasteiger partial charge in [0.25, 0.3) is 0 Å². The average Bonchev–Trinajstić information content (AvgIpc) is 3.26. The average molecular weight is 498 g/mol. The molecule has 0 saturated carbocycles. The van der Waals surface area contributed by atoms with Gasteiger partial charge in [0.2, 0.25) is 5.91 Å². The van der Waals surface area contributed by atoms with Gasteiger partial charge in [-0.25, -0.2) is 4.79 Å². The number of rotatable bonds is 11. The molecule has 0 bridgehead atoms. The molecule has 1 aromatic heterocycles. The van der Waals surface area contributed by atoms with Gasteiger partial charge in [-0.15, -0.1) is 23.1 Å². The Bertz CT molecular complexity index is 1050. The van der Waals surface area contributed by atoms with Crippen molar-refractivity contribution in [2.75, 3.05) is 38.4 Å². The number of methoxy groups -OCH3 is 1. The Morgan fingerprint density at radius 3 is 2.35 bits per heavy atom. The molecule has 0 aliphatic carbocycles. The van der Waals surface area contributed by atoms with Gasteiger partial charge in [-0.05, 0) is 60.0 Å². The topological polar surface area (TPSA) is 61.9 Å². The van der Waals surface area contributed by atoms with Crippen LogP contribution in [0.1, 0.15) is 16.0 Å². The summed E-state index contributed by atoms with van der Waals surface area (Å²) in [6.07, 6.45) is 2.00. The summed E-state index contributed by atoms with van der Waals surface area (Å²) >= 11 is 3.28. The fraction of sp³-hybridized carbons (Fsp3) is 0.308. The van der Waals surface area contributed by atoms with Crippen molar-refractivity contribution in [3.8, 4) is 0 Å². The van der Waals surface area contributed by atoms with Crippen LogP contribution in [0.25, 0.3) is 0 Å². The highest BCUT2D eigenvalue weighted by Gasteiger charge is 2.22. The standard InChI is InChI=1S/C26H31N3O3S2/c1-20-13-16-34-24(20)18-29(17-21-7-5-4-6-8-21)25(30)19-28(14-15-32-2)26(31)27-22-9-11-23(33-3)12-10-22/h4-13,16H,14-15,17-19H2,1-3H3,(H,27,31). The summed E-state index contributed by atoms with van der Waals surface area (Å²) in [5.41, 5.74) is 2.90. The maximum absolute atomic E-state index is 13.5. The van der Waals surface area contributed by atoms with Crippen molar-refractivity contribution in [1.29, 1.82) is 0 Å². The zero-order valence-electron chi connectivity index (χ0n) is 19.8. The van der Waals surface area contributed by atoms with Crippen LogP contribution in [0, 0.1) is 6.92 Å². The first-order valence-corrected chi connectivity index (χ1v) is 13.1. The summed E-state index contributed by atoms with van der Waals surface area (Å²) in [5, 5.41) is 4.94. The molecule has 0 radical (unpaired) electrons. The summed E-state index contributed by atoms with van der Waals surface area (Å²) in [4.78, 5) is 32.1. The minimum absolute atomic E-state index is 0.0324. The zero-order chi connectivity index (χ0) is 24.3. The molecule has 0 unspecified atom stereocenters. The SMILES string of the molecule is COCCN(CC(=O)N(Cc1ccccc1)Cc1sccc1C)C(=O)Nc1ccc(SC)cc1. The maximum atomic E-state index is 13.5. The van der Waals surface area contributed by atoms with E-state index in [1.165, 1.54) is 10.5 Å². The van der Waals surface area contributed by atoms with Crippen LogP contribution in [0.2, 0.25) is 0 Å². The van der Waals surface area contributed by atoms with Gasteiger partial charge in [0.05, 0.1) is 13.2 Å². The predicted octanol–water partition coefficient (Wildman–Crippen LogP) is 5.49. The number of aryl methyl sites for hydroxylation is 1. The smallest absolute Gasteiger partial charge is 0.322 e. The summed E-state index contributed by atoms with van der Waals surface area (Å²) in [7, 11) is 1.58. The molecule has 3 rings (SSSR count). The number of nitrogens with zero attached hydrogens (tertiary/aromatic N) is 2. The molecule has 0 aliphatic rings. The number of anilines is 1. The van der Waals surface area contributed by atoms with Crippen LogP contribution in [0.15, 0.2) is 70.9 Å². The van der Waals surface area contributed by atoms with E-state index in [1.54, 1.807) is 30.2 Å². The van der Waals surface area contributed by atoms with Crippen LogP contribution in [-0.4, -0.2) is 54.8 Å². The summed E-state index contributed by atoms with van der Waals surface area (Å²) in [5.74, 6) is -0.111. The zero-order valence-corrected chi connectivity index (χ0v) is 21.5. The Morgan fingerprint density at radius 1 is 1.00 bits per heavy atom. The van der Waals surface area contributed by atoms with Gasteiger partial charge in [-0.2, -0.15) is 0 Å². The largest absolute Gasteiger partial charge is 0.383 e. The Hall–Kier alpha value is -2.81. The highest BCUT2D eigenvalue weighted by atomic mass is 32.2. The second-order valence-corrected chi connectivity index (χ2v) is 9.72. The van der Waals surface area contributed by atoms with Gasteiger partial charge in [-0.3, -0.25) is 4.79 Å². The number of carbonyl (C=O) groups is 2. The molecule has 0 fully saturated rings. The van der Waals surface area contributed by atoms with Crippen LogP contribution < -0.4 is 5.32 Å². The second-order valence-electron chi connectivity index (χ2n) is 7.84. The Morgan fingerprint density at radius 2 is 1.74 bits per heavy atom. The van der Waals surface area contributed by atoms with Gasteiger partial charge in [0.1, 0.15) is 6.54 Å². The van der Waals surface area contributed by atoms with Crippen LogP contribution in [0.4, 0.5) is 10.5 Å². The van der Waals surface area contributed by atoms with E-state index in [0.29, 0.717) is 31.9 Å². The van der Waals surface area contributed by atoms with E-state index in [4.69, 9.17) is 4.74 Å². The molecule has 0 spiro atoms. The molecular weight excluding hydrogens is 466 g/mol. The lowest BCUT2D eigenvalue weighted by Crippen LogP contribution is -2.45. The lowest BCUT2D eigenvalue weighted by Gasteiger charge is -2.28. The Balaban J connectivity index is 1.74. The summed E-state index contributed by atoms with van der Waals surface area (Å²) in [6, 6.07) is 19.3. The fourth-order valence-corrected chi connectivity index (χ4v) is 4.70. The number of nitrogens with one attached hydrogen (secondary N) is 1. The lowest BCUT2D eigenvalue weighted by atomic mass is 10.2. The molecule has 0 aliphatic heterocycles. The number of benzene rings is 2. The molecule has 34 heavy (non-hydrogen) atoms. The third-order valence-corrected chi connectivity index (χ3v) is 7.14. The van der Waals surface area contributed by atoms with E-state index in [0.717, 1.165) is 15.3 Å². The first-order valence-electron chi connectivity index (χ1n) is 11.0. The minimum atomic E-state index is -0.325. The fourth-order valence-electron chi connectivity index (χ4n) is 3.37. The predicted molar refractivity (Wildman–Crippen MR) is 140 cm³/mol. The van der Waals surface area contributed by atoms with Gasteiger partial charge in [0, 0.05) is 35.7 Å². The third-order valence-electron chi connectivity index (χ3n) is 5.39. The van der Waals surface area contributed by atoms with E-state index in [-0.39, 0.29) is 18.5 Å². The molecular formula is C26H31N3O3S2. The molecule has 180 valence electrons. The van der Waals surface area contributed by atoms with Crippen molar-refractivity contribution in [3.63, 3.8) is 0 Å². The van der Waals surface area contributed by atoms with Crippen LogP contribution in [0.5, 0.6) is 0 Å². The number of ether oxygens (including phenoxy) is 1. The van der Waals surface area contributed by atoms with Crippen molar-refractivity contribution in [2.45, 2.75) is 24.9 Å². The molecule has 2 aromatic carbocycles. The number of thioether (sulfide) groups is 1. The van der Waals surface area contributed by atoms with Crippen molar-refractivity contribution >= 4 is 40.7 Å². The van der Waals surface area contributed by atoms with Gasteiger partial charge in [0.15, 0.2) is 0 Å². The Kier molecular flexibility index (Phi) is 10.00. The Labute approximate surface area is 209 Å².